The van der Waals surface area contributed by atoms with Crippen LogP contribution in [-0.4, -0.2) is 27.4 Å². The van der Waals surface area contributed by atoms with E-state index < -0.39 is 17.6 Å². The molecular weight excluding hydrogens is 284 g/mol. The van der Waals surface area contributed by atoms with Gasteiger partial charge >= 0.3 is 0 Å². The van der Waals surface area contributed by atoms with Gasteiger partial charge in [0, 0.05) is 24.0 Å². The predicted molar refractivity (Wildman–Crippen MR) is 80.6 cm³/mol. The number of rotatable bonds is 4. The highest BCUT2D eigenvalue weighted by atomic mass is 16.2. The van der Waals surface area contributed by atoms with Crippen LogP contribution < -0.4 is 11.1 Å². The normalized spacial score (nSPS) is 10.3. The molecule has 0 unspecified atom stereocenters. The van der Waals surface area contributed by atoms with Crippen molar-refractivity contribution in [1.29, 1.82) is 0 Å². The molecule has 7 heteroatoms. The zero-order valence-corrected chi connectivity index (χ0v) is 12.5. The van der Waals surface area contributed by atoms with E-state index in [1.165, 1.54) is 24.3 Å². The molecule has 0 atom stereocenters. The molecular formula is C15H16N4O3. The molecule has 1 aromatic carbocycles. The molecule has 114 valence electrons. The van der Waals surface area contributed by atoms with Crippen LogP contribution in [0, 0.1) is 13.8 Å². The molecule has 2 rings (SSSR count). The van der Waals surface area contributed by atoms with E-state index in [9.17, 15) is 14.4 Å². The van der Waals surface area contributed by atoms with E-state index in [0.717, 1.165) is 0 Å². The van der Waals surface area contributed by atoms with Gasteiger partial charge in [0.05, 0.1) is 11.3 Å². The topological polar surface area (TPSA) is 107 Å². The number of amides is 2. The second kappa shape index (κ2) is 5.80. The second-order valence-corrected chi connectivity index (χ2v) is 4.89. The lowest BCUT2D eigenvalue weighted by Gasteiger charge is -2.05. The molecule has 1 heterocycles. The van der Waals surface area contributed by atoms with Gasteiger partial charge in [-0.15, -0.1) is 0 Å². The first kappa shape index (κ1) is 15.4. The first-order valence-corrected chi connectivity index (χ1v) is 6.57. The summed E-state index contributed by atoms with van der Waals surface area (Å²) in [5.41, 5.74) is 7.29. The third-order valence-electron chi connectivity index (χ3n) is 3.37. The van der Waals surface area contributed by atoms with E-state index in [2.05, 4.69) is 10.4 Å². The summed E-state index contributed by atoms with van der Waals surface area (Å²) in [4.78, 5) is 35.3. The molecule has 22 heavy (non-hydrogen) atoms. The average Bonchev–Trinajstić information content (AvgIpc) is 2.72. The number of ketones is 1. The van der Waals surface area contributed by atoms with Gasteiger partial charge in [-0.25, -0.2) is 0 Å². The molecule has 0 radical (unpaired) electrons. The summed E-state index contributed by atoms with van der Waals surface area (Å²) in [5, 5.41) is 6.61. The number of carbonyl (C=O) groups is 3. The minimum absolute atomic E-state index is 0.300. The number of nitrogens with one attached hydrogen (secondary N) is 1. The molecule has 3 N–H and O–H groups in total. The van der Waals surface area contributed by atoms with E-state index in [1.54, 1.807) is 25.6 Å². The molecule has 0 saturated carbocycles. The molecule has 7 nitrogen and oxygen atoms in total. The highest BCUT2D eigenvalue weighted by molar-refractivity contribution is 6.47. The van der Waals surface area contributed by atoms with Crippen molar-refractivity contribution in [2.24, 2.45) is 12.8 Å². The zero-order valence-electron chi connectivity index (χ0n) is 12.5. The summed E-state index contributed by atoms with van der Waals surface area (Å²) in [6, 6.07) is 5.97. The molecule has 2 amide bonds. The van der Waals surface area contributed by atoms with Gasteiger partial charge in [0.1, 0.15) is 0 Å². The Morgan fingerprint density at radius 2 is 1.73 bits per heavy atom. The number of hydrogen-bond acceptors (Lipinski definition) is 4. The van der Waals surface area contributed by atoms with E-state index in [4.69, 9.17) is 5.73 Å². The van der Waals surface area contributed by atoms with Crippen LogP contribution in [0.4, 0.5) is 5.69 Å². The number of carbonyl (C=O) groups excluding carboxylic acids is 3. The standard InChI is InChI=1S/C15H16N4O3/c1-8-12(9(2)19(3)18-8)13(20)15(22)17-11-6-4-10(5-7-11)14(16)21/h4-7H,1-3H3,(H2,16,21)(H,17,22). The van der Waals surface area contributed by atoms with Crippen LogP contribution >= 0.6 is 0 Å². The third kappa shape index (κ3) is 2.88. The van der Waals surface area contributed by atoms with E-state index in [0.29, 0.717) is 28.2 Å². The Bertz CT molecular complexity index is 760. The Labute approximate surface area is 127 Å². The van der Waals surface area contributed by atoms with E-state index in [-0.39, 0.29) is 0 Å². The van der Waals surface area contributed by atoms with Gasteiger partial charge in [-0.2, -0.15) is 5.10 Å². The Balaban J connectivity index is 2.18. The highest BCUT2D eigenvalue weighted by Gasteiger charge is 2.23. The van der Waals surface area contributed by atoms with Crippen LogP contribution in [0.1, 0.15) is 32.1 Å². The molecule has 0 bridgehead atoms. The Hall–Kier alpha value is -2.96. The lowest BCUT2D eigenvalue weighted by molar-refractivity contribution is -0.112. The number of nitrogens with two attached hydrogens (primary N) is 1. The number of anilines is 1. The third-order valence-corrected chi connectivity index (χ3v) is 3.37. The van der Waals surface area contributed by atoms with Crippen molar-refractivity contribution in [1.82, 2.24) is 9.78 Å². The van der Waals surface area contributed by atoms with Crippen LogP contribution in [0.3, 0.4) is 0 Å². The van der Waals surface area contributed by atoms with Crippen LogP contribution in [0.5, 0.6) is 0 Å². The lowest BCUT2D eigenvalue weighted by Crippen LogP contribution is -2.24. The van der Waals surface area contributed by atoms with Gasteiger partial charge in [-0.05, 0) is 38.1 Å². The minimum atomic E-state index is -0.758. The largest absolute Gasteiger partial charge is 0.366 e. The average molecular weight is 300 g/mol. The van der Waals surface area contributed by atoms with Crippen molar-refractivity contribution in [3.8, 4) is 0 Å². The monoisotopic (exact) mass is 300 g/mol. The SMILES string of the molecule is Cc1nn(C)c(C)c1C(=O)C(=O)Nc1ccc(C(N)=O)cc1. The summed E-state index contributed by atoms with van der Waals surface area (Å²) in [6.45, 7) is 3.40. The zero-order chi connectivity index (χ0) is 16.4. The molecule has 0 fully saturated rings. The summed E-state index contributed by atoms with van der Waals surface area (Å²) >= 11 is 0. The maximum atomic E-state index is 12.2. The number of Topliss-reactive ketones (excluding diaryl/α,β-unsaturated/α-hetero) is 1. The Morgan fingerprint density at radius 3 is 2.18 bits per heavy atom. The summed E-state index contributed by atoms with van der Waals surface area (Å²) < 4.78 is 1.55. The van der Waals surface area contributed by atoms with E-state index in [1.807, 2.05) is 0 Å². The maximum absolute atomic E-state index is 12.2. The highest BCUT2D eigenvalue weighted by Crippen LogP contribution is 2.15. The first-order valence-electron chi connectivity index (χ1n) is 6.57. The van der Waals surface area contributed by atoms with Crippen molar-refractivity contribution < 1.29 is 14.4 Å². The predicted octanol–water partition coefficient (Wildman–Crippen LogP) is 0.957. The molecule has 1 aromatic heterocycles. The van der Waals surface area contributed by atoms with Crippen LogP contribution in [0.2, 0.25) is 0 Å². The number of hydrogen-bond donors (Lipinski definition) is 2. The van der Waals surface area contributed by atoms with Crippen molar-refractivity contribution in [2.45, 2.75) is 13.8 Å². The molecule has 0 aliphatic carbocycles. The van der Waals surface area contributed by atoms with Gasteiger partial charge in [0.25, 0.3) is 11.7 Å². The summed E-state index contributed by atoms with van der Waals surface area (Å²) in [7, 11) is 1.71. The fourth-order valence-corrected chi connectivity index (χ4v) is 2.12. The number of nitrogens with zero attached hydrogens (tertiary/aromatic N) is 2. The van der Waals surface area contributed by atoms with Crippen LogP contribution in [0.15, 0.2) is 24.3 Å². The molecule has 0 spiro atoms. The Morgan fingerprint density at radius 1 is 1.14 bits per heavy atom. The van der Waals surface area contributed by atoms with Crippen LogP contribution in [0.25, 0.3) is 0 Å². The number of aryl methyl sites for hydroxylation is 2. The number of aromatic nitrogens is 2. The van der Waals surface area contributed by atoms with Crippen molar-refractivity contribution in [3.05, 3.63) is 46.8 Å². The molecule has 0 aliphatic heterocycles. The van der Waals surface area contributed by atoms with Crippen molar-refractivity contribution in [2.75, 3.05) is 5.32 Å². The van der Waals surface area contributed by atoms with Crippen molar-refractivity contribution in [3.63, 3.8) is 0 Å². The van der Waals surface area contributed by atoms with Gasteiger partial charge < -0.3 is 11.1 Å². The van der Waals surface area contributed by atoms with Gasteiger partial charge in [0.15, 0.2) is 0 Å². The first-order chi connectivity index (χ1) is 10.3. The fourth-order valence-electron chi connectivity index (χ4n) is 2.12. The smallest absolute Gasteiger partial charge is 0.296 e. The quantitative estimate of drug-likeness (QED) is 0.647. The maximum Gasteiger partial charge on any atom is 0.296 e. The fraction of sp³-hybridized carbons (Fsp3) is 0.200. The second-order valence-electron chi connectivity index (χ2n) is 4.89. The van der Waals surface area contributed by atoms with Gasteiger partial charge in [0.2, 0.25) is 5.91 Å². The molecule has 0 saturated heterocycles. The van der Waals surface area contributed by atoms with Crippen molar-refractivity contribution >= 4 is 23.3 Å². The lowest BCUT2D eigenvalue weighted by atomic mass is 10.1. The summed E-state index contributed by atoms with van der Waals surface area (Å²) in [6.07, 6.45) is 0. The summed E-state index contributed by atoms with van der Waals surface area (Å²) in [5.74, 6) is -1.97. The van der Waals surface area contributed by atoms with Gasteiger partial charge in [-0.1, -0.05) is 0 Å². The molecule has 2 aromatic rings. The minimum Gasteiger partial charge on any atom is -0.366 e. The molecule has 0 aliphatic rings. The van der Waals surface area contributed by atoms with Gasteiger partial charge in [-0.3, -0.25) is 19.1 Å². The van der Waals surface area contributed by atoms with Crippen LogP contribution in [-0.2, 0) is 11.8 Å². The Kier molecular flexibility index (Phi) is 4.07. The van der Waals surface area contributed by atoms with E-state index >= 15 is 0 Å². The number of primary amides is 1. The number of benzene rings is 1.